The van der Waals surface area contributed by atoms with E-state index in [2.05, 4.69) is 0 Å². The second-order valence-electron chi connectivity index (χ2n) is 0.469. The van der Waals surface area contributed by atoms with Crippen LogP contribution in [0.4, 0.5) is 0 Å². The molecule has 0 aromatic heterocycles. The molecule has 0 saturated heterocycles. The number of hydrogen-bond donors (Lipinski definition) is 1. The summed E-state index contributed by atoms with van der Waals surface area (Å²) in [5, 5.41) is 0. The van der Waals surface area contributed by atoms with Gasteiger partial charge in [0.25, 0.3) is 0 Å². The molecule has 0 fully saturated rings. The maximum Gasteiger partial charge on any atom is 2.00 e. The molecule has 1 unspecified atom stereocenters. The Morgan fingerprint density at radius 2 is 1.43 bits per heavy atom. The third-order valence-corrected chi connectivity index (χ3v) is 0. The van der Waals surface area contributed by atoms with Crippen LogP contribution in [0, 0.1) is 0 Å². The van der Waals surface area contributed by atoms with E-state index in [0.717, 1.165) is 0 Å². The van der Waals surface area contributed by atoms with Crippen molar-refractivity contribution >= 4 is 17.7 Å². The molecule has 0 aliphatic rings. The Labute approximate surface area is 54.1 Å². The molecule has 1 atom stereocenters. The Kier molecular flexibility index (Phi) is 11.6. The van der Waals surface area contributed by atoms with Gasteiger partial charge < -0.3 is 19.2 Å². The van der Waals surface area contributed by atoms with Gasteiger partial charge in [-0.3, -0.25) is 0 Å². The molecule has 48 valence electrons. The van der Waals surface area contributed by atoms with E-state index < -0.39 is 7.82 Å². The molecular weight excluding hydrogens is 185 g/mol. The Morgan fingerprint density at radius 1 is 1.43 bits per heavy atom. The van der Waals surface area contributed by atoms with Crippen molar-refractivity contribution in [1.82, 2.24) is 0 Å². The molecule has 0 bridgehead atoms. The molecule has 0 aromatic rings. The molecule has 0 aliphatic carbocycles. The van der Waals surface area contributed by atoms with Gasteiger partial charge in [0.15, 0.2) is 0 Å². The van der Waals surface area contributed by atoms with Crippen LogP contribution in [0.5, 0.6) is 0 Å². The Bertz CT molecular complexity index is 55.8. The average Bonchev–Trinajstić information content (AvgIpc) is 0.722. The van der Waals surface area contributed by atoms with E-state index in [9.17, 15) is 0 Å². The van der Waals surface area contributed by atoms with Crippen LogP contribution in [0.2, 0.25) is 0 Å². The van der Waals surface area contributed by atoms with E-state index in [1.165, 1.54) is 0 Å². The van der Waals surface area contributed by atoms with Gasteiger partial charge in [0.1, 0.15) is 0 Å². The monoisotopic (exact) mass is 188 g/mol. The van der Waals surface area contributed by atoms with E-state index in [1.54, 1.807) is 0 Å². The summed E-state index contributed by atoms with van der Waals surface area (Å²) in [6.45, 7) is 0. The molecule has 0 heterocycles. The molecule has 0 aromatic carbocycles. The van der Waals surface area contributed by atoms with Crippen molar-refractivity contribution in [3.8, 4) is 0 Å². The van der Waals surface area contributed by atoms with Crippen molar-refractivity contribution in [2.75, 3.05) is 0 Å². The SMILES string of the molecule is O=P([O-])([O-])O.P.[Ni+2]. The van der Waals surface area contributed by atoms with E-state index in [4.69, 9.17) is 19.2 Å². The standard InChI is InChI=1S/Ni.H3O4P.H3P/c;1-5(2,3)4;/h;(H3,1,2,3,4);1H3/q+2;;/p-2. The smallest absolute Gasteiger partial charge is 0.790 e. The molecule has 0 aliphatic heterocycles. The van der Waals surface area contributed by atoms with E-state index >= 15 is 0 Å². The third-order valence-electron chi connectivity index (χ3n) is 0. The van der Waals surface area contributed by atoms with Gasteiger partial charge >= 0.3 is 16.5 Å². The van der Waals surface area contributed by atoms with Crippen LogP contribution >= 0.6 is 17.7 Å². The van der Waals surface area contributed by atoms with E-state index in [-0.39, 0.29) is 26.4 Å². The van der Waals surface area contributed by atoms with Gasteiger partial charge in [0, 0.05) is 0 Å². The van der Waals surface area contributed by atoms with Crippen LogP contribution in [0.3, 0.4) is 0 Å². The van der Waals surface area contributed by atoms with Crippen LogP contribution < -0.4 is 9.79 Å². The summed E-state index contributed by atoms with van der Waals surface area (Å²) in [4.78, 5) is 24.3. The Balaban J connectivity index is -0.0000000800. The molecule has 0 saturated carbocycles. The summed E-state index contributed by atoms with van der Waals surface area (Å²) in [7, 11) is -5.14. The molecule has 0 radical (unpaired) electrons. The van der Waals surface area contributed by atoms with Gasteiger partial charge in [0.2, 0.25) is 0 Å². The van der Waals surface area contributed by atoms with Crippen LogP contribution in [0.1, 0.15) is 0 Å². The first-order valence-corrected chi connectivity index (χ1v) is 2.24. The van der Waals surface area contributed by atoms with Gasteiger partial charge in [-0.2, -0.15) is 9.90 Å². The zero-order valence-electron chi connectivity index (χ0n) is 3.14. The van der Waals surface area contributed by atoms with Crippen LogP contribution in [-0.4, -0.2) is 4.89 Å². The normalized spacial score (nSPS) is 8.43. The van der Waals surface area contributed by atoms with Crippen molar-refractivity contribution in [3.63, 3.8) is 0 Å². The minimum atomic E-state index is -5.14. The van der Waals surface area contributed by atoms with E-state index in [0.29, 0.717) is 0 Å². The zero-order valence-corrected chi connectivity index (χ0v) is 6.44. The molecule has 7 heavy (non-hydrogen) atoms. The predicted octanol–water partition coefficient (Wildman–Crippen LogP) is -2.14. The number of phosphoric acid groups is 1. The fraction of sp³-hybridized carbons (Fsp3) is 0. The van der Waals surface area contributed by atoms with Crippen molar-refractivity contribution in [3.05, 3.63) is 0 Å². The molecular formula is H4NiO4P2. The van der Waals surface area contributed by atoms with Crippen LogP contribution in [0.25, 0.3) is 0 Å². The van der Waals surface area contributed by atoms with Crippen LogP contribution in [0.15, 0.2) is 0 Å². The van der Waals surface area contributed by atoms with Gasteiger partial charge in [-0.1, -0.05) is 0 Å². The molecule has 0 amide bonds. The predicted molar refractivity (Wildman–Crippen MR) is 20.9 cm³/mol. The fourth-order valence-electron chi connectivity index (χ4n) is 0. The summed E-state index contributed by atoms with van der Waals surface area (Å²) in [6.07, 6.45) is 0. The Morgan fingerprint density at radius 3 is 1.43 bits per heavy atom. The summed E-state index contributed by atoms with van der Waals surface area (Å²) < 4.78 is 8.66. The molecule has 1 N–H and O–H groups in total. The molecule has 7 heteroatoms. The van der Waals surface area contributed by atoms with Gasteiger partial charge in [-0.25, -0.2) is 0 Å². The summed E-state index contributed by atoms with van der Waals surface area (Å²) in [5.41, 5.74) is 0. The minimum Gasteiger partial charge on any atom is -0.790 e. The van der Waals surface area contributed by atoms with Crippen molar-refractivity contribution < 1.29 is 35.7 Å². The summed E-state index contributed by atoms with van der Waals surface area (Å²) in [6, 6.07) is 0. The van der Waals surface area contributed by atoms with Crippen molar-refractivity contribution in [2.24, 2.45) is 0 Å². The maximum atomic E-state index is 8.66. The summed E-state index contributed by atoms with van der Waals surface area (Å²) >= 11 is 0. The molecule has 0 rings (SSSR count). The number of rotatable bonds is 0. The number of hydrogen-bond acceptors (Lipinski definition) is 3. The maximum absolute atomic E-state index is 8.66. The summed E-state index contributed by atoms with van der Waals surface area (Å²) in [5.74, 6) is 0. The van der Waals surface area contributed by atoms with Gasteiger partial charge in [-0.15, -0.1) is 0 Å². The largest absolute Gasteiger partial charge is 2.00 e. The topological polar surface area (TPSA) is 83.4 Å². The first-order chi connectivity index (χ1) is 2.00. The molecule has 0 spiro atoms. The minimum absolute atomic E-state index is 0. The Hall–Kier alpha value is 1.03. The zero-order chi connectivity index (χ0) is 4.50. The van der Waals surface area contributed by atoms with Crippen molar-refractivity contribution in [1.29, 1.82) is 0 Å². The van der Waals surface area contributed by atoms with E-state index in [1.807, 2.05) is 0 Å². The van der Waals surface area contributed by atoms with Gasteiger partial charge in [-0.05, 0) is 0 Å². The first-order valence-electron chi connectivity index (χ1n) is 0.748. The second kappa shape index (κ2) is 5.18. The quantitative estimate of drug-likeness (QED) is 0.348. The second-order valence-corrected chi connectivity index (χ2v) is 1.41. The first kappa shape index (κ1) is 15.7. The van der Waals surface area contributed by atoms with Crippen LogP contribution in [-0.2, 0) is 21.1 Å². The average molecular weight is 189 g/mol. The molecule has 4 nitrogen and oxygen atoms in total. The fourth-order valence-corrected chi connectivity index (χ4v) is 0. The van der Waals surface area contributed by atoms with Gasteiger partial charge in [0.05, 0.1) is 7.82 Å². The van der Waals surface area contributed by atoms with Crippen molar-refractivity contribution in [2.45, 2.75) is 0 Å². The third kappa shape index (κ3) is 167.